The molecule has 2 aliphatic rings. The number of aliphatic hydroxyl groups is 1. The van der Waals surface area contributed by atoms with Gasteiger partial charge in [-0.15, -0.1) is 0 Å². The number of likely N-dealkylation sites (tertiary alicyclic amines) is 1. The zero-order chi connectivity index (χ0) is 36.7. The molecule has 2 fully saturated rings. The summed E-state index contributed by atoms with van der Waals surface area (Å²) in [6, 6.07) is 27.8. The molecule has 3 aromatic carbocycles. The standard InChI is InChI=1S/C40H43F3N4O5/c1-46(22-19-32-8-4-5-20-44-32)25-33-23-36(29-13-11-27(26-48)12-14-29)52-38(51-33)30-17-15-28(16-18-30)34-9-3-2-7-31(34)24-45-37(49)35-10-6-21-47(35)39(50)40(41,42)43/h2-5,7-9,11-18,20,33,35-36,38,48H,6,10,19,21-26H2,1H3,(H,45,49). The SMILES string of the molecule is CN(CCc1ccccn1)CC1CC(c2ccc(CO)cc2)OC(c2ccc(-c3ccccc3CNC(=O)C3CCCN3C(=O)C(F)(F)F)cc2)O1. The number of carbonyl (C=O) groups is 2. The van der Waals surface area contributed by atoms with E-state index in [1.165, 1.54) is 0 Å². The van der Waals surface area contributed by atoms with Gasteiger partial charge in [-0.25, -0.2) is 0 Å². The Bertz CT molecular complexity index is 1790. The summed E-state index contributed by atoms with van der Waals surface area (Å²) in [6.07, 6.45) is -2.23. The summed E-state index contributed by atoms with van der Waals surface area (Å²) in [7, 11) is 2.07. The van der Waals surface area contributed by atoms with Crippen molar-refractivity contribution in [3.63, 3.8) is 0 Å². The molecule has 4 aromatic rings. The van der Waals surface area contributed by atoms with Gasteiger partial charge < -0.3 is 29.7 Å². The van der Waals surface area contributed by atoms with E-state index in [0.717, 1.165) is 52.0 Å². The smallest absolute Gasteiger partial charge is 0.392 e. The van der Waals surface area contributed by atoms with Crippen LogP contribution in [0.2, 0.25) is 0 Å². The van der Waals surface area contributed by atoms with E-state index < -0.39 is 30.3 Å². The summed E-state index contributed by atoms with van der Waals surface area (Å²) in [5.74, 6) is -2.59. The van der Waals surface area contributed by atoms with Gasteiger partial charge in [-0.1, -0.05) is 78.9 Å². The molecule has 0 radical (unpaired) electrons. The molecular weight excluding hydrogens is 673 g/mol. The van der Waals surface area contributed by atoms with Crippen LogP contribution in [0, 0.1) is 0 Å². The Morgan fingerprint density at radius 3 is 2.40 bits per heavy atom. The molecule has 2 saturated heterocycles. The number of aliphatic hydroxyl groups excluding tert-OH is 1. The van der Waals surface area contributed by atoms with Crippen molar-refractivity contribution in [2.24, 2.45) is 0 Å². The first-order valence-corrected chi connectivity index (χ1v) is 17.5. The summed E-state index contributed by atoms with van der Waals surface area (Å²) in [6.45, 7) is 1.46. The van der Waals surface area contributed by atoms with Crippen LogP contribution in [0.5, 0.6) is 0 Å². The van der Waals surface area contributed by atoms with E-state index in [1.807, 2.05) is 91.0 Å². The van der Waals surface area contributed by atoms with Crippen molar-refractivity contribution < 1.29 is 37.3 Å². The number of nitrogens with one attached hydrogen (secondary N) is 1. The van der Waals surface area contributed by atoms with Crippen LogP contribution in [-0.2, 0) is 38.6 Å². The monoisotopic (exact) mass is 716 g/mol. The van der Waals surface area contributed by atoms with E-state index in [-0.39, 0.29) is 38.3 Å². The molecule has 0 bridgehead atoms. The molecule has 9 nitrogen and oxygen atoms in total. The number of carbonyl (C=O) groups excluding carboxylic acids is 2. The lowest BCUT2D eigenvalue weighted by molar-refractivity contribution is -0.252. The van der Waals surface area contributed by atoms with Gasteiger partial charge in [-0.05, 0) is 59.8 Å². The number of amides is 2. The quantitative estimate of drug-likeness (QED) is 0.182. The third-order valence-electron chi connectivity index (χ3n) is 9.63. The summed E-state index contributed by atoms with van der Waals surface area (Å²) < 4.78 is 52.4. The molecule has 0 spiro atoms. The molecule has 52 heavy (non-hydrogen) atoms. The van der Waals surface area contributed by atoms with Gasteiger partial charge in [0.25, 0.3) is 0 Å². The van der Waals surface area contributed by atoms with Gasteiger partial charge in [0.15, 0.2) is 6.29 Å². The number of hydrogen-bond donors (Lipinski definition) is 2. The fourth-order valence-corrected chi connectivity index (χ4v) is 6.84. The predicted molar refractivity (Wildman–Crippen MR) is 188 cm³/mol. The lowest BCUT2D eigenvalue weighted by atomic mass is 9.97. The Morgan fingerprint density at radius 1 is 0.962 bits per heavy atom. The highest BCUT2D eigenvalue weighted by Gasteiger charge is 2.47. The summed E-state index contributed by atoms with van der Waals surface area (Å²) in [4.78, 5) is 32.1. The zero-order valence-corrected chi connectivity index (χ0v) is 29.0. The number of rotatable bonds is 12. The second-order valence-corrected chi connectivity index (χ2v) is 13.3. The lowest BCUT2D eigenvalue weighted by Gasteiger charge is -2.38. The zero-order valence-electron chi connectivity index (χ0n) is 29.0. The maximum Gasteiger partial charge on any atom is 0.471 e. The topological polar surface area (TPSA) is 104 Å². The molecular formula is C40H43F3N4O5. The van der Waals surface area contributed by atoms with Gasteiger partial charge in [-0.3, -0.25) is 14.6 Å². The van der Waals surface area contributed by atoms with E-state index in [1.54, 1.807) is 6.20 Å². The number of alkyl halides is 3. The van der Waals surface area contributed by atoms with Crippen molar-refractivity contribution in [1.82, 2.24) is 20.1 Å². The molecule has 6 rings (SSSR count). The molecule has 2 N–H and O–H groups in total. The Morgan fingerprint density at radius 2 is 1.69 bits per heavy atom. The first kappa shape index (κ1) is 37.1. The number of likely N-dealkylation sites (N-methyl/N-ethyl adjacent to an activating group) is 1. The number of nitrogens with zero attached hydrogens (tertiary/aromatic N) is 3. The van der Waals surface area contributed by atoms with Crippen LogP contribution >= 0.6 is 0 Å². The minimum absolute atomic E-state index is 0.0365. The molecule has 1 aromatic heterocycles. The van der Waals surface area contributed by atoms with Crippen LogP contribution in [0.3, 0.4) is 0 Å². The average Bonchev–Trinajstić information content (AvgIpc) is 3.66. The summed E-state index contributed by atoms with van der Waals surface area (Å²) in [5.41, 5.74) is 6.20. The highest BCUT2D eigenvalue weighted by atomic mass is 19.4. The van der Waals surface area contributed by atoms with E-state index >= 15 is 0 Å². The molecule has 12 heteroatoms. The Kier molecular flexibility index (Phi) is 12.0. The van der Waals surface area contributed by atoms with Gasteiger partial charge in [-0.2, -0.15) is 13.2 Å². The van der Waals surface area contributed by atoms with Crippen molar-refractivity contribution in [3.05, 3.63) is 125 Å². The number of ether oxygens (including phenoxy) is 2. The fraction of sp³-hybridized carbons (Fsp3) is 0.375. The molecule has 0 aliphatic carbocycles. The first-order valence-electron chi connectivity index (χ1n) is 17.5. The number of benzene rings is 3. The second kappa shape index (κ2) is 16.8. The van der Waals surface area contributed by atoms with Crippen molar-refractivity contribution in [2.45, 2.75) is 69.6 Å². The lowest BCUT2D eigenvalue weighted by Crippen LogP contribution is -2.50. The summed E-state index contributed by atoms with van der Waals surface area (Å²) in [5, 5.41) is 12.3. The Hall–Kier alpha value is -4.62. The van der Waals surface area contributed by atoms with Gasteiger partial charge >= 0.3 is 12.1 Å². The van der Waals surface area contributed by atoms with Gasteiger partial charge in [0.2, 0.25) is 5.91 Å². The highest BCUT2D eigenvalue weighted by Crippen LogP contribution is 2.39. The second-order valence-electron chi connectivity index (χ2n) is 13.3. The van der Waals surface area contributed by atoms with E-state index in [4.69, 9.17) is 9.47 Å². The number of halogens is 3. The molecule has 2 aliphatic heterocycles. The molecule has 274 valence electrons. The number of pyridine rings is 1. The molecule has 2 amide bonds. The molecule has 4 unspecified atom stereocenters. The molecule has 0 saturated carbocycles. The van der Waals surface area contributed by atoms with Crippen LogP contribution in [0.25, 0.3) is 11.1 Å². The van der Waals surface area contributed by atoms with Crippen molar-refractivity contribution in [2.75, 3.05) is 26.7 Å². The van der Waals surface area contributed by atoms with Crippen molar-refractivity contribution >= 4 is 11.8 Å². The van der Waals surface area contributed by atoms with Crippen LogP contribution in [0.15, 0.2) is 97.2 Å². The van der Waals surface area contributed by atoms with Gasteiger partial charge in [0.05, 0.1) is 18.8 Å². The third kappa shape index (κ3) is 9.23. The largest absolute Gasteiger partial charge is 0.471 e. The first-order chi connectivity index (χ1) is 25.1. The summed E-state index contributed by atoms with van der Waals surface area (Å²) >= 11 is 0. The highest BCUT2D eigenvalue weighted by molar-refractivity contribution is 5.90. The minimum Gasteiger partial charge on any atom is -0.392 e. The third-order valence-corrected chi connectivity index (χ3v) is 9.63. The van der Waals surface area contributed by atoms with Crippen LogP contribution in [0.4, 0.5) is 13.2 Å². The van der Waals surface area contributed by atoms with Gasteiger partial charge in [0.1, 0.15) is 6.04 Å². The maximum absolute atomic E-state index is 13.1. The van der Waals surface area contributed by atoms with Gasteiger partial charge in [0, 0.05) is 56.5 Å². The molecule has 3 heterocycles. The van der Waals surface area contributed by atoms with Crippen molar-refractivity contribution in [1.29, 1.82) is 0 Å². The number of aromatic nitrogens is 1. The Labute approximate surface area is 301 Å². The van der Waals surface area contributed by atoms with E-state index in [2.05, 4.69) is 22.2 Å². The molecule has 4 atom stereocenters. The number of hydrogen-bond acceptors (Lipinski definition) is 7. The minimum atomic E-state index is -5.03. The Balaban J connectivity index is 1.14. The normalized spacial score (nSPS) is 20.6. The van der Waals surface area contributed by atoms with Crippen LogP contribution in [-0.4, -0.2) is 76.7 Å². The van der Waals surface area contributed by atoms with E-state index in [0.29, 0.717) is 24.3 Å². The van der Waals surface area contributed by atoms with Crippen molar-refractivity contribution in [3.8, 4) is 11.1 Å². The maximum atomic E-state index is 13.1. The fourth-order valence-electron chi connectivity index (χ4n) is 6.84. The van der Waals surface area contributed by atoms with Crippen LogP contribution < -0.4 is 5.32 Å². The average molecular weight is 717 g/mol. The predicted octanol–water partition coefficient (Wildman–Crippen LogP) is 6.13. The van der Waals surface area contributed by atoms with E-state index in [9.17, 15) is 27.9 Å². The van der Waals surface area contributed by atoms with Crippen LogP contribution in [0.1, 0.15) is 59.6 Å².